The van der Waals surface area contributed by atoms with Crippen molar-refractivity contribution in [3.63, 3.8) is 0 Å². The van der Waals surface area contributed by atoms with Crippen molar-refractivity contribution in [3.05, 3.63) is 0 Å². The van der Waals surface area contributed by atoms with Crippen LogP contribution in [0.25, 0.3) is 0 Å². The second-order valence-corrected chi connectivity index (χ2v) is 3.42. The number of carboxylic acid groups (broad SMARTS) is 1. The Kier molecular flexibility index (Phi) is 5.86. The highest BCUT2D eigenvalue weighted by molar-refractivity contribution is 5.89. The SMILES string of the molecule is CC(C)CCN(C(=O)[O-])C(=O)NCC#N. The summed E-state index contributed by atoms with van der Waals surface area (Å²) >= 11 is 0. The summed E-state index contributed by atoms with van der Waals surface area (Å²) in [5, 5.41) is 20.9. The lowest BCUT2D eigenvalue weighted by atomic mass is 10.1. The molecule has 84 valence electrons. The molecule has 0 aromatic carbocycles. The number of nitrogens with zero attached hydrogens (tertiary/aromatic N) is 2. The first kappa shape index (κ1) is 13.2. The van der Waals surface area contributed by atoms with Crippen molar-refractivity contribution in [3.8, 4) is 6.07 Å². The molecule has 15 heavy (non-hydrogen) atoms. The normalized spacial score (nSPS) is 9.47. The fourth-order valence-corrected chi connectivity index (χ4v) is 0.874. The van der Waals surface area contributed by atoms with Crippen LogP contribution in [-0.4, -0.2) is 30.1 Å². The fourth-order valence-electron chi connectivity index (χ4n) is 0.874. The maximum absolute atomic E-state index is 11.2. The third-order valence-corrected chi connectivity index (χ3v) is 1.71. The molecule has 0 saturated heterocycles. The zero-order chi connectivity index (χ0) is 11.8. The number of rotatable bonds is 4. The van der Waals surface area contributed by atoms with Gasteiger partial charge in [-0.2, -0.15) is 5.26 Å². The van der Waals surface area contributed by atoms with Crippen LogP contribution in [0.15, 0.2) is 0 Å². The molecule has 0 bridgehead atoms. The summed E-state index contributed by atoms with van der Waals surface area (Å²) in [5.41, 5.74) is 0. The van der Waals surface area contributed by atoms with E-state index >= 15 is 0 Å². The van der Waals surface area contributed by atoms with E-state index in [1.165, 1.54) is 0 Å². The molecule has 6 heteroatoms. The first-order valence-electron chi connectivity index (χ1n) is 4.62. The Morgan fingerprint density at radius 1 is 1.53 bits per heavy atom. The second-order valence-electron chi connectivity index (χ2n) is 3.42. The molecular formula is C9H14N3O3-. The van der Waals surface area contributed by atoms with Gasteiger partial charge in [0.25, 0.3) is 0 Å². The van der Waals surface area contributed by atoms with Crippen molar-refractivity contribution in [2.24, 2.45) is 5.92 Å². The number of carbonyl (C=O) groups excluding carboxylic acids is 2. The first-order valence-corrected chi connectivity index (χ1v) is 4.62. The molecule has 0 fully saturated rings. The molecule has 0 rings (SSSR count). The topological polar surface area (TPSA) is 96.3 Å². The van der Waals surface area contributed by atoms with Crippen molar-refractivity contribution < 1.29 is 14.7 Å². The van der Waals surface area contributed by atoms with Crippen LogP contribution in [0.4, 0.5) is 9.59 Å². The van der Waals surface area contributed by atoms with E-state index in [1.807, 2.05) is 13.8 Å². The molecule has 1 N–H and O–H groups in total. The van der Waals surface area contributed by atoms with E-state index in [-0.39, 0.29) is 19.0 Å². The number of urea groups is 1. The Bertz CT molecular complexity index is 270. The van der Waals surface area contributed by atoms with E-state index in [2.05, 4.69) is 5.32 Å². The summed E-state index contributed by atoms with van der Waals surface area (Å²) < 4.78 is 0. The van der Waals surface area contributed by atoms with E-state index in [9.17, 15) is 14.7 Å². The Hall–Kier alpha value is -1.77. The molecule has 0 aliphatic rings. The van der Waals surface area contributed by atoms with Crippen molar-refractivity contribution in [1.82, 2.24) is 10.2 Å². The van der Waals surface area contributed by atoms with Crippen LogP contribution in [0.1, 0.15) is 20.3 Å². The zero-order valence-electron chi connectivity index (χ0n) is 8.82. The number of imide groups is 1. The van der Waals surface area contributed by atoms with E-state index < -0.39 is 12.1 Å². The predicted octanol–water partition coefficient (Wildman–Crippen LogP) is -0.0890. The van der Waals surface area contributed by atoms with Crippen LogP contribution in [0.2, 0.25) is 0 Å². The highest BCUT2D eigenvalue weighted by Gasteiger charge is 2.13. The maximum atomic E-state index is 11.2. The van der Waals surface area contributed by atoms with Gasteiger partial charge in [-0.3, -0.25) is 4.90 Å². The minimum atomic E-state index is -1.55. The average molecular weight is 212 g/mol. The van der Waals surface area contributed by atoms with Gasteiger partial charge in [-0.05, 0) is 12.3 Å². The van der Waals surface area contributed by atoms with Gasteiger partial charge in [0.1, 0.15) is 12.6 Å². The van der Waals surface area contributed by atoms with Gasteiger partial charge in [-0.25, -0.2) is 4.79 Å². The summed E-state index contributed by atoms with van der Waals surface area (Å²) in [7, 11) is 0. The van der Waals surface area contributed by atoms with Gasteiger partial charge >= 0.3 is 6.03 Å². The van der Waals surface area contributed by atoms with Gasteiger partial charge in [0, 0.05) is 6.54 Å². The summed E-state index contributed by atoms with van der Waals surface area (Å²) in [6.07, 6.45) is -0.986. The standard InChI is InChI=1S/C9H15N3O3/c1-7(2)3-6-12(9(14)15)8(13)11-5-4-10/h7H,3,5-6H2,1-2H3,(H,11,13)(H,14,15)/p-1. The van der Waals surface area contributed by atoms with Gasteiger partial charge in [0.15, 0.2) is 0 Å². The predicted molar refractivity (Wildman–Crippen MR) is 50.6 cm³/mol. The smallest absolute Gasteiger partial charge is 0.323 e. The van der Waals surface area contributed by atoms with Crippen LogP contribution in [0, 0.1) is 17.2 Å². The summed E-state index contributed by atoms with van der Waals surface area (Å²) in [6.45, 7) is 3.70. The quantitative estimate of drug-likeness (QED) is 0.658. The molecular weight excluding hydrogens is 198 g/mol. The lowest BCUT2D eigenvalue weighted by molar-refractivity contribution is -0.261. The third kappa shape index (κ3) is 5.52. The molecule has 0 aliphatic heterocycles. The number of carbonyl (C=O) groups is 2. The highest BCUT2D eigenvalue weighted by atomic mass is 16.4. The first-order chi connectivity index (χ1) is 6.99. The Balaban J connectivity index is 4.21. The minimum absolute atomic E-state index is 0.0806. The monoisotopic (exact) mass is 212 g/mol. The second kappa shape index (κ2) is 6.65. The molecule has 0 aromatic heterocycles. The molecule has 0 aliphatic carbocycles. The van der Waals surface area contributed by atoms with Crippen LogP contribution in [-0.2, 0) is 0 Å². The lowest BCUT2D eigenvalue weighted by Gasteiger charge is -2.23. The Labute approximate surface area is 88.5 Å². The molecule has 0 aromatic rings. The number of hydrogen-bond acceptors (Lipinski definition) is 4. The molecule has 0 radical (unpaired) electrons. The van der Waals surface area contributed by atoms with Crippen molar-refractivity contribution in [1.29, 1.82) is 5.26 Å². The average Bonchev–Trinajstić information content (AvgIpc) is 2.13. The number of nitrogens with one attached hydrogen (secondary N) is 1. The zero-order valence-corrected chi connectivity index (χ0v) is 8.82. The van der Waals surface area contributed by atoms with E-state index in [1.54, 1.807) is 6.07 Å². The third-order valence-electron chi connectivity index (χ3n) is 1.71. The van der Waals surface area contributed by atoms with Crippen molar-refractivity contribution in [2.75, 3.05) is 13.1 Å². The van der Waals surface area contributed by atoms with Crippen LogP contribution in [0.3, 0.4) is 0 Å². The van der Waals surface area contributed by atoms with Gasteiger partial charge in [0.2, 0.25) is 0 Å². The minimum Gasteiger partial charge on any atom is -0.529 e. The number of hydrogen-bond donors (Lipinski definition) is 1. The Morgan fingerprint density at radius 3 is 2.53 bits per heavy atom. The number of nitriles is 1. The van der Waals surface area contributed by atoms with E-state index in [0.29, 0.717) is 11.3 Å². The molecule has 0 saturated carbocycles. The highest BCUT2D eigenvalue weighted by Crippen LogP contribution is 2.01. The van der Waals surface area contributed by atoms with Crippen molar-refractivity contribution in [2.45, 2.75) is 20.3 Å². The molecule has 0 unspecified atom stereocenters. The van der Waals surface area contributed by atoms with Crippen LogP contribution < -0.4 is 10.4 Å². The van der Waals surface area contributed by atoms with E-state index in [4.69, 9.17) is 5.26 Å². The van der Waals surface area contributed by atoms with Gasteiger partial charge < -0.3 is 15.2 Å². The maximum Gasteiger partial charge on any atom is 0.323 e. The molecule has 0 spiro atoms. The Morgan fingerprint density at radius 2 is 2.13 bits per heavy atom. The summed E-state index contributed by atoms with van der Waals surface area (Å²) in [5.74, 6) is 0.288. The summed E-state index contributed by atoms with van der Waals surface area (Å²) in [4.78, 5) is 22.4. The van der Waals surface area contributed by atoms with Gasteiger partial charge in [0.05, 0.1) is 6.07 Å². The van der Waals surface area contributed by atoms with Crippen LogP contribution >= 0.6 is 0 Å². The molecule has 6 nitrogen and oxygen atoms in total. The van der Waals surface area contributed by atoms with Gasteiger partial charge in [-0.1, -0.05) is 13.8 Å². The van der Waals surface area contributed by atoms with Crippen LogP contribution in [0.5, 0.6) is 0 Å². The lowest BCUT2D eigenvalue weighted by Crippen LogP contribution is -2.50. The summed E-state index contributed by atoms with van der Waals surface area (Å²) in [6, 6.07) is 0.877. The molecule has 0 heterocycles. The number of amides is 3. The largest absolute Gasteiger partial charge is 0.529 e. The molecule has 3 amide bonds. The molecule has 0 atom stereocenters. The fraction of sp³-hybridized carbons (Fsp3) is 0.667. The van der Waals surface area contributed by atoms with E-state index in [0.717, 1.165) is 0 Å². The van der Waals surface area contributed by atoms with Crippen molar-refractivity contribution >= 4 is 12.1 Å². The van der Waals surface area contributed by atoms with Gasteiger partial charge in [-0.15, -0.1) is 0 Å².